The monoisotopic (exact) mass is 292 g/mol. The van der Waals surface area contributed by atoms with Crippen molar-refractivity contribution in [3.8, 4) is 0 Å². The normalized spacial score (nSPS) is 11.0. The molecule has 1 rings (SSSR count). The second-order valence-electron chi connectivity index (χ2n) is 5.55. The molecule has 0 heterocycles. The zero-order chi connectivity index (χ0) is 15.8. The summed E-state index contributed by atoms with van der Waals surface area (Å²) in [6, 6.07) is 9.74. The van der Waals surface area contributed by atoms with Gasteiger partial charge in [-0.2, -0.15) is 0 Å². The summed E-state index contributed by atoms with van der Waals surface area (Å²) in [5.74, 6) is -1.88. The fraction of sp³-hybridized carbons (Fsp3) is 0.529. The standard InChI is InChI=1S/C17H24O4/c1-12(2)20-16(18)15(17(19)21-13(3)4)11-10-14-8-6-5-7-9-14/h5-9,12-13,15H,10-11H2,1-4H3. The van der Waals surface area contributed by atoms with Gasteiger partial charge in [0.25, 0.3) is 0 Å². The van der Waals surface area contributed by atoms with Crippen LogP contribution >= 0.6 is 0 Å². The van der Waals surface area contributed by atoms with Gasteiger partial charge in [-0.3, -0.25) is 9.59 Å². The number of esters is 2. The first-order valence-corrected chi connectivity index (χ1v) is 7.35. The number of benzene rings is 1. The quantitative estimate of drug-likeness (QED) is 0.572. The predicted octanol–water partition coefficient (Wildman–Crippen LogP) is 3.14. The lowest BCUT2D eigenvalue weighted by molar-refractivity contribution is -0.166. The van der Waals surface area contributed by atoms with E-state index in [-0.39, 0.29) is 12.2 Å². The maximum absolute atomic E-state index is 12.1. The first kappa shape index (κ1) is 17.2. The van der Waals surface area contributed by atoms with Crippen LogP contribution in [0.15, 0.2) is 30.3 Å². The van der Waals surface area contributed by atoms with E-state index in [1.54, 1.807) is 27.7 Å². The molecule has 4 nitrogen and oxygen atoms in total. The minimum atomic E-state index is -0.866. The molecule has 0 atom stereocenters. The van der Waals surface area contributed by atoms with Crippen LogP contribution in [-0.2, 0) is 25.5 Å². The van der Waals surface area contributed by atoms with E-state index in [0.29, 0.717) is 12.8 Å². The number of hydrogen-bond acceptors (Lipinski definition) is 4. The number of carbonyl (C=O) groups is 2. The number of ether oxygens (including phenoxy) is 2. The van der Waals surface area contributed by atoms with Crippen LogP contribution in [-0.4, -0.2) is 24.1 Å². The van der Waals surface area contributed by atoms with Gasteiger partial charge in [0.05, 0.1) is 12.2 Å². The third-order valence-electron chi connectivity index (χ3n) is 2.84. The Labute approximate surface area is 126 Å². The zero-order valence-electron chi connectivity index (χ0n) is 13.2. The molecule has 0 aliphatic carbocycles. The second kappa shape index (κ2) is 8.45. The average Bonchev–Trinajstić information content (AvgIpc) is 2.38. The molecular formula is C17H24O4. The zero-order valence-corrected chi connectivity index (χ0v) is 13.2. The molecule has 0 N–H and O–H groups in total. The summed E-state index contributed by atoms with van der Waals surface area (Å²) in [4.78, 5) is 24.1. The number of rotatable bonds is 7. The third kappa shape index (κ3) is 6.43. The van der Waals surface area contributed by atoms with Gasteiger partial charge in [0.2, 0.25) is 0 Å². The van der Waals surface area contributed by atoms with Crippen LogP contribution in [0.4, 0.5) is 0 Å². The van der Waals surface area contributed by atoms with Crippen molar-refractivity contribution in [2.75, 3.05) is 0 Å². The molecular weight excluding hydrogens is 268 g/mol. The van der Waals surface area contributed by atoms with Crippen molar-refractivity contribution < 1.29 is 19.1 Å². The number of aryl methyl sites for hydroxylation is 1. The van der Waals surface area contributed by atoms with E-state index in [0.717, 1.165) is 5.56 Å². The van der Waals surface area contributed by atoms with Crippen LogP contribution in [0.1, 0.15) is 39.7 Å². The predicted molar refractivity (Wildman–Crippen MR) is 80.7 cm³/mol. The summed E-state index contributed by atoms with van der Waals surface area (Å²) in [5.41, 5.74) is 1.08. The molecule has 0 saturated heterocycles. The molecule has 116 valence electrons. The first-order chi connectivity index (χ1) is 9.90. The first-order valence-electron chi connectivity index (χ1n) is 7.35. The maximum Gasteiger partial charge on any atom is 0.320 e. The summed E-state index contributed by atoms with van der Waals surface area (Å²) in [6.45, 7) is 7.06. The molecule has 0 fully saturated rings. The van der Waals surface area contributed by atoms with E-state index in [1.807, 2.05) is 30.3 Å². The molecule has 0 bridgehead atoms. The average molecular weight is 292 g/mol. The summed E-state index contributed by atoms with van der Waals surface area (Å²) in [7, 11) is 0. The van der Waals surface area contributed by atoms with Crippen molar-refractivity contribution in [1.29, 1.82) is 0 Å². The molecule has 0 aromatic heterocycles. The van der Waals surface area contributed by atoms with Gasteiger partial charge in [-0.05, 0) is 46.1 Å². The fourth-order valence-electron chi connectivity index (χ4n) is 1.92. The van der Waals surface area contributed by atoms with Crippen LogP contribution in [0.3, 0.4) is 0 Å². The third-order valence-corrected chi connectivity index (χ3v) is 2.84. The Bertz CT molecular complexity index is 429. The molecule has 1 aromatic rings. The highest BCUT2D eigenvalue weighted by Gasteiger charge is 2.30. The molecule has 0 saturated carbocycles. The van der Waals surface area contributed by atoms with Gasteiger partial charge in [0, 0.05) is 0 Å². The van der Waals surface area contributed by atoms with Crippen LogP contribution < -0.4 is 0 Å². The minimum Gasteiger partial charge on any atom is -0.462 e. The summed E-state index contributed by atoms with van der Waals surface area (Å²) >= 11 is 0. The van der Waals surface area contributed by atoms with Crippen molar-refractivity contribution in [2.24, 2.45) is 5.92 Å². The second-order valence-corrected chi connectivity index (χ2v) is 5.55. The van der Waals surface area contributed by atoms with Crippen LogP contribution in [0, 0.1) is 5.92 Å². The van der Waals surface area contributed by atoms with Gasteiger partial charge in [-0.25, -0.2) is 0 Å². The van der Waals surface area contributed by atoms with E-state index >= 15 is 0 Å². The molecule has 0 aliphatic heterocycles. The van der Waals surface area contributed by atoms with Gasteiger partial charge in [-0.1, -0.05) is 30.3 Å². The van der Waals surface area contributed by atoms with Crippen LogP contribution in [0.2, 0.25) is 0 Å². The van der Waals surface area contributed by atoms with Crippen LogP contribution in [0.25, 0.3) is 0 Å². The Morgan fingerprint density at radius 2 is 1.38 bits per heavy atom. The van der Waals surface area contributed by atoms with Gasteiger partial charge in [0.1, 0.15) is 0 Å². The highest BCUT2D eigenvalue weighted by molar-refractivity contribution is 5.95. The van der Waals surface area contributed by atoms with E-state index in [9.17, 15) is 9.59 Å². The van der Waals surface area contributed by atoms with Crippen molar-refractivity contribution in [3.63, 3.8) is 0 Å². The van der Waals surface area contributed by atoms with Gasteiger partial charge in [-0.15, -0.1) is 0 Å². The Hall–Kier alpha value is -1.84. The van der Waals surface area contributed by atoms with Crippen LogP contribution in [0.5, 0.6) is 0 Å². The lowest BCUT2D eigenvalue weighted by Crippen LogP contribution is -2.31. The van der Waals surface area contributed by atoms with Crippen molar-refractivity contribution >= 4 is 11.9 Å². The van der Waals surface area contributed by atoms with Gasteiger partial charge < -0.3 is 9.47 Å². The fourth-order valence-corrected chi connectivity index (χ4v) is 1.92. The molecule has 0 radical (unpaired) electrons. The molecule has 0 amide bonds. The molecule has 0 spiro atoms. The lowest BCUT2D eigenvalue weighted by Gasteiger charge is -2.18. The Morgan fingerprint density at radius 1 is 0.905 bits per heavy atom. The Balaban J connectivity index is 2.71. The van der Waals surface area contributed by atoms with Crippen molar-refractivity contribution in [1.82, 2.24) is 0 Å². The highest BCUT2D eigenvalue weighted by atomic mass is 16.6. The SMILES string of the molecule is CC(C)OC(=O)C(CCc1ccccc1)C(=O)OC(C)C. The minimum absolute atomic E-state index is 0.247. The van der Waals surface area contributed by atoms with E-state index in [4.69, 9.17) is 9.47 Å². The van der Waals surface area contributed by atoms with E-state index in [1.165, 1.54) is 0 Å². The van der Waals surface area contributed by atoms with E-state index in [2.05, 4.69) is 0 Å². The largest absolute Gasteiger partial charge is 0.462 e. The smallest absolute Gasteiger partial charge is 0.320 e. The van der Waals surface area contributed by atoms with Gasteiger partial charge >= 0.3 is 11.9 Å². The molecule has 0 unspecified atom stereocenters. The summed E-state index contributed by atoms with van der Waals surface area (Å²) in [5, 5.41) is 0. The highest BCUT2D eigenvalue weighted by Crippen LogP contribution is 2.15. The Kier molecular flexibility index (Phi) is 6.92. The number of hydrogen-bond donors (Lipinski definition) is 0. The number of carbonyl (C=O) groups excluding carboxylic acids is 2. The summed E-state index contributed by atoms with van der Waals surface area (Å²) < 4.78 is 10.3. The topological polar surface area (TPSA) is 52.6 Å². The van der Waals surface area contributed by atoms with Gasteiger partial charge in [0.15, 0.2) is 5.92 Å². The van der Waals surface area contributed by atoms with Crippen molar-refractivity contribution in [2.45, 2.75) is 52.7 Å². The van der Waals surface area contributed by atoms with E-state index < -0.39 is 17.9 Å². The molecule has 4 heteroatoms. The molecule has 21 heavy (non-hydrogen) atoms. The molecule has 0 aliphatic rings. The van der Waals surface area contributed by atoms with Crippen molar-refractivity contribution in [3.05, 3.63) is 35.9 Å². The Morgan fingerprint density at radius 3 is 1.81 bits per heavy atom. The summed E-state index contributed by atoms with van der Waals surface area (Å²) in [6.07, 6.45) is 0.527. The molecule has 1 aromatic carbocycles. The maximum atomic E-state index is 12.1. The lowest BCUT2D eigenvalue weighted by atomic mass is 9.99.